The fraction of sp³-hybridized carbons (Fsp3) is 0.111. The molecular weight excluding hydrogens is 334 g/mol. The van der Waals surface area contributed by atoms with Crippen molar-refractivity contribution in [2.45, 2.75) is 13.0 Å². The summed E-state index contributed by atoms with van der Waals surface area (Å²) in [7, 11) is 0. The molecule has 0 radical (unpaired) electrons. The van der Waals surface area contributed by atoms with Crippen LogP contribution in [-0.4, -0.2) is 25.6 Å². The smallest absolute Gasteiger partial charge is 0.152 e. The fourth-order valence-corrected chi connectivity index (χ4v) is 3.25. The van der Waals surface area contributed by atoms with Gasteiger partial charge in [-0.3, -0.25) is 0 Å². The molecule has 0 aliphatic heterocycles. The van der Waals surface area contributed by atoms with E-state index in [1.165, 1.54) is 0 Å². The molecule has 6 nitrogen and oxygen atoms in total. The minimum Gasteiger partial charge on any atom is -0.487 e. The van der Waals surface area contributed by atoms with Crippen LogP contribution in [0, 0.1) is 0 Å². The third-order valence-electron chi connectivity index (χ3n) is 3.62. The van der Waals surface area contributed by atoms with Gasteiger partial charge in [0.25, 0.3) is 0 Å². The molecule has 4 rings (SSSR count). The molecule has 2 heterocycles. The molecule has 0 fully saturated rings. The van der Waals surface area contributed by atoms with Gasteiger partial charge in [0.15, 0.2) is 5.82 Å². The van der Waals surface area contributed by atoms with E-state index in [2.05, 4.69) is 37.7 Å². The number of nitrogens with zero attached hydrogens (tertiary/aromatic N) is 4. The molecule has 0 atom stereocenters. The first-order chi connectivity index (χ1) is 12.4. The zero-order valence-corrected chi connectivity index (χ0v) is 14.1. The number of ether oxygens (including phenoxy) is 1. The first kappa shape index (κ1) is 15.5. The second kappa shape index (κ2) is 7.23. The third kappa shape index (κ3) is 3.89. The Labute approximate surface area is 148 Å². The summed E-state index contributed by atoms with van der Waals surface area (Å²) in [5.74, 6) is 1.53. The molecule has 0 saturated carbocycles. The summed E-state index contributed by atoms with van der Waals surface area (Å²) in [5.41, 5.74) is 3.13. The van der Waals surface area contributed by atoms with Gasteiger partial charge in [0, 0.05) is 17.4 Å². The second-order valence-electron chi connectivity index (χ2n) is 5.47. The number of H-pyrrole nitrogens is 1. The highest BCUT2D eigenvalue weighted by Gasteiger charge is 2.06. The maximum absolute atomic E-state index is 5.88. The lowest BCUT2D eigenvalue weighted by atomic mass is 10.1. The van der Waals surface area contributed by atoms with Crippen LogP contribution in [0.15, 0.2) is 60.0 Å². The second-order valence-corrected chi connectivity index (χ2v) is 6.33. The van der Waals surface area contributed by atoms with Crippen LogP contribution in [0.5, 0.6) is 5.75 Å². The van der Waals surface area contributed by atoms with Crippen molar-refractivity contribution in [3.05, 3.63) is 77.1 Å². The Morgan fingerprint density at radius 1 is 1.04 bits per heavy atom. The van der Waals surface area contributed by atoms with Gasteiger partial charge < -0.3 is 4.74 Å². The van der Waals surface area contributed by atoms with Crippen molar-refractivity contribution in [1.82, 2.24) is 25.6 Å². The molecule has 0 spiro atoms. The number of hydrogen-bond acceptors (Lipinski definition) is 6. The summed E-state index contributed by atoms with van der Waals surface area (Å²) in [4.78, 5) is 4.64. The minimum atomic E-state index is 0.441. The lowest BCUT2D eigenvalue weighted by molar-refractivity contribution is 0.302. The fourth-order valence-electron chi connectivity index (χ4n) is 2.44. The topological polar surface area (TPSA) is 76.6 Å². The van der Waals surface area contributed by atoms with Crippen molar-refractivity contribution in [2.75, 3.05) is 0 Å². The van der Waals surface area contributed by atoms with Crippen molar-refractivity contribution in [2.24, 2.45) is 0 Å². The Kier molecular flexibility index (Phi) is 4.47. The van der Waals surface area contributed by atoms with E-state index in [0.29, 0.717) is 13.0 Å². The first-order valence-corrected chi connectivity index (χ1v) is 8.69. The van der Waals surface area contributed by atoms with Crippen LogP contribution < -0.4 is 4.74 Å². The highest BCUT2D eigenvalue weighted by atomic mass is 32.1. The van der Waals surface area contributed by atoms with Crippen molar-refractivity contribution < 1.29 is 4.74 Å². The molecule has 4 aromatic rings. The Bertz CT molecular complexity index is 937. The van der Waals surface area contributed by atoms with Crippen LogP contribution in [0.3, 0.4) is 0 Å². The van der Waals surface area contributed by atoms with E-state index in [1.54, 1.807) is 11.3 Å². The van der Waals surface area contributed by atoms with Crippen LogP contribution in [0.4, 0.5) is 0 Å². The number of aromatic amines is 1. The molecule has 7 heteroatoms. The molecule has 25 heavy (non-hydrogen) atoms. The number of rotatable bonds is 6. The van der Waals surface area contributed by atoms with Crippen LogP contribution in [-0.2, 0) is 13.0 Å². The summed E-state index contributed by atoms with van der Waals surface area (Å²) in [6.07, 6.45) is 0.638. The van der Waals surface area contributed by atoms with Crippen molar-refractivity contribution in [1.29, 1.82) is 0 Å². The van der Waals surface area contributed by atoms with E-state index in [1.807, 2.05) is 47.8 Å². The normalized spacial score (nSPS) is 10.7. The van der Waals surface area contributed by atoms with Gasteiger partial charge in [0.1, 0.15) is 17.4 Å². The average Bonchev–Trinajstić information content (AvgIpc) is 3.33. The highest BCUT2D eigenvalue weighted by Crippen LogP contribution is 2.24. The summed E-state index contributed by atoms with van der Waals surface area (Å²) in [5, 5.41) is 16.9. The van der Waals surface area contributed by atoms with Crippen LogP contribution in [0.25, 0.3) is 10.6 Å². The maximum atomic E-state index is 5.88. The van der Waals surface area contributed by atoms with E-state index >= 15 is 0 Å². The number of nitrogens with one attached hydrogen (secondary N) is 1. The van der Waals surface area contributed by atoms with E-state index in [0.717, 1.165) is 33.4 Å². The Morgan fingerprint density at radius 2 is 1.96 bits per heavy atom. The average molecular weight is 349 g/mol. The molecule has 0 saturated heterocycles. The van der Waals surface area contributed by atoms with E-state index in [9.17, 15) is 0 Å². The van der Waals surface area contributed by atoms with Gasteiger partial charge >= 0.3 is 0 Å². The van der Waals surface area contributed by atoms with Crippen LogP contribution in [0.2, 0.25) is 0 Å². The van der Waals surface area contributed by atoms with Crippen molar-refractivity contribution >= 4 is 11.3 Å². The molecule has 2 aromatic carbocycles. The Hall–Kier alpha value is -3.06. The number of hydrogen-bond donors (Lipinski definition) is 1. The van der Waals surface area contributed by atoms with E-state index < -0.39 is 0 Å². The maximum Gasteiger partial charge on any atom is 0.152 e. The number of thiazole rings is 1. The standard InChI is InChI=1S/C18H15N5OS/c1-2-6-14(7-3-1)18-19-15(12-25-18)11-24-16-8-4-5-13(9-16)10-17-20-22-23-21-17/h1-9,12H,10-11H2,(H,20,21,22,23). The summed E-state index contributed by atoms with van der Waals surface area (Å²) in [6, 6.07) is 18.1. The molecule has 0 amide bonds. The van der Waals surface area contributed by atoms with Gasteiger partial charge in [-0.15, -0.1) is 16.4 Å². The quantitative estimate of drug-likeness (QED) is 0.576. The molecular formula is C18H15N5OS. The summed E-state index contributed by atoms with van der Waals surface area (Å²) >= 11 is 1.63. The SMILES string of the molecule is c1ccc(-c2nc(COc3cccc(Cc4nnn[nH]4)c3)cs2)cc1. The Morgan fingerprint density at radius 3 is 2.80 bits per heavy atom. The van der Waals surface area contributed by atoms with Gasteiger partial charge in [-0.2, -0.15) is 0 Å². The molecule has 0 unspecified atom stereocenters. The molecule has 124 valence electrons. The van der Waals surface area contributed by atoms with Gasteiger partial charge in [-0.05, 0) is 28.1 Å². The largest absolute Gasteiger partial charge is 0.487 e. The highest BCUT2D eigenvalue weighted by molar-refractivity contribution is 7.13. The van der Waals surface area contributed by atoms with Crippen LogP contribution in [0.1, 0.15) is 17.1 Å². The molecule has 1 N–H and O–H groups in total. The molecule has 0 aliphatic carbocycles. The number of benzene rings is 2. The van der Waals surface area contributed by atoms with Gasteiger partial charge in [0.2, 0.25) is 0 Å². The van der Waals surface area contributed by atoms with Gasteiger partial charge in [0.05, 0.1) is 5.69 Å². The molecule has 0 bridgehead atoms. The zero-order valence-electron chi connectivity index (χ0n) is 13.3. The summed E-state index contributed by atoms with van der Waals surface area (Å²) < 4.78 is 5.88. The van der Waals surface area contributed by atoms with Crippen molar-refractivity contribution in [3.8, 4) is 16.3 Å². The lowest BCUT2D eigenvalue weighted by Gasteiger charge is -2.06. The van der Waals surface area contributed by atoms with Gasteiger partial charge in [-0.1, -0.05) is 42.5 Å². The number of aromatic nitrogens is 5. The molecule has 2 aromatic heterocycles. The lowest BCUT2D eigenvalue weighted by Crippen LogP contribution is -1.97. The molecule has 0 aliphatic rings. The Balaban J connectivity index is 1.41. The predicted molar refractivity (Wildman–Crippen MR) is 95.3 cm³/mol. The monoisotopic (exact) mass is 349 g/mol. The van der Waals surface area contributed by atoms with Crippen molar-refractivity contribution in [3.63, 3.8) is 0 Å². The van der Waals surface area contributed by atoms with Gasteiger partial charge in [-0.25, -0.2) is 10.1 Å². The zero-order chi connectivity index (χ0) is 16.9. The van der Waals surface area contributed by atoms with E-state index in [4.69, 9.17) is 4.74 Å². The predicted octanol–water partition coefficient (Wildman–Crippen LogP) is 3.49. The van der Waals surface area contributed by atoms with Crippen LogP contribution >= 0.6 is 11.3 Å². The summed E-state index contributed by atoms with van der Waals surface area (Å²) in [6.45, 7) is 0.441. The van der Waals surface area contributed by atoms with E-state index in [-0.39, 0.29) is 0 Å². The first-order valence-electron chi connectivity index (χ1n) is 7.81. The minimum absolute atomic E-state index is 0.441. The third-order valence-corrected chi connectivity index (χ3v) is 4.56. The number of tetrazole rings is 1.